The van der Waals surface area contributed by atoms with Crippen LogP contribution in [0.3, 0.4) is 0 Å². The van der Waals surface area contributed by atoms with Gasteiger partial charge in [0.25, 0.3) is 0 Å². The number of benzene rings is 1. The normalized spacial score (nSPS) is 11.2. The van der Waals surface area contributed by atoms with Crippen LogP contribution in [0.2, 0.25) is 0 Å². The maximum Gasteiger partial charge on any atom is 0.122 e. The van der Waals surface area contributed by atoms with E-state index >= 15 is 0 Å². The molecule has 0 bridgehead atoms. The molecule has 1 heterocycles. The minimum absolute atomic E-state index is 0.0792. The summed E-state index contributed by atoms with van der Waals surface area (Å²) in [5, 5.41) is 3.40. The predicted octanol–water partition coefficient (Wildman–Crippen LogP) is 3.76. The summed E-state index contributed by atoms with van der Waals surface area (Å²) < 4.78 is 0. The van der Waals surface area contributed by atoms with Gasteiger partial charge in [0.1, 0.15) is 4.99 Å². The van der Waals surface area contributed by atoms with Crippen molar-refractivity contribution in [2.75, 3.05) is 5.32 Å². The maximum absolute atomic E-state index is 5.55. The summed E-state index contributed by atoms with van der Waals surface area (Å²) in [5.41, 5.74) is 9.53. The van der Waals surface area contributed by atoms with E-state index in [2.05, 4.69) is 49.3 Å². The van der Waals surface area contributed by atoms with Gasteiger partial charge in [0.05, 0.1) is 17.6 Å². The first-order chi connectivity index (χ1) is 9.38. The molecule has 1 aromatic carbocycles. The maximum atomic E-state index is 5.55. The van der Waals surface area contributed by atoms with Crippen LogP contribution in [-0.4, -0.2) is 9.97 Å². The van der Waals surface area contributed by atoms with Crippen LogP contribution in [0, 0.1) is 0 Å². The molecule has 0 spiro atoms. The third kappa shape index (κ3) is 3.33. The number of nitrogens with two attached hydrogens (primary N) is 1. The average Bonchev–Trinajstić information content (AvgIpc) is 2.38. The number of hydrogen-bond donors (Lipinski definition) is 2. The minimum Gasteiger partial charge on any atom is -0.388 e. The molecule has 0 aliphatic carbocycles. The Balaban J connectivity index is 2.28. The summed E-state index contributed by atoms with van der Waals surface area (Å²) in [5.74, 6) is 0. The predicted molar refractivity (Wildman–Crippen MR) is 88.5 cm³/mol. The molecular formula is C16H19N3S. The second-order valence-electron chi connectivity index (χ2n) is 5.72. The van der Waals surface area contributed by atoms with Crippen molar-refractivity contribution in [3.63, 3.8) is 0 Å². The van der Waals surface area contributed by atoms with Crippen molar-refractivity contribution in [1.29, 1.82) is 0 Å². The molecule has 2 rings (SSSR count). The lowest BCUT2D eigenvalue weighted by Gasteiger charge is -2.23. The van der Waals surface area contributed by atoms with Crippen LogP contribution in [0.1, 0.15) is 32.0 Å². The van der Waals surface area contributed by atoms with Gasteiger partial charge in [-0.1, -0.05) is 51.2 Å². The summed E-state index contributed by atoms with van der Waals surface area (Å²) in [6, 6.07) is 12.0. The molecule has 0 radical (unpaired) electrons. The van der Waals surface area contributed by atoms with Gasteiger partial charge in [-0.2, -0.15) is 0 Å². The Hall–Kier alpha value is -1.94. The Morgan fingerprint density at radius 3 is 2.40 bits per heavy atom. The standard InChI is InChI=1S/C16H19N3S/c1-16(2,3)12-6-4-5-7-13(12)19-11-8-9-14(15(17)20)18-10-11/h4-10,19H,1-3H3,(H2,17,20). The zero-order valence-corrected chi connectivity index (χ0v) is 12.8. The largest absolute Gasteiger partial charge is 0.388 e. The van der Waals surface area contributed by atoms with E-state index in [0.717, 1.165) is 11.4 Å². The van der Waals surface area contributed by atoms with Crippen molar-refractivity contribution < 1.29 is 0 Å². The van der Waals surface area contributed by atoms with Crippen LogP contribution in [0.5, 0.6) is 0 Å². The van der Waals surface area contributed by atoms with E-state index in [-0.39, 0.29) is 5.41 Å². The molecule has 1 aromatic heterocycles. The van der Waals surface area contributed by atoms with Gasteiger partial charge >= 0.3 is 0 Å². The molecule has 0 aliphatic rings. The molecule has 0 atom stereocenters. The number of thiocarbonyl (C=S) groups is 1. The molecule has 4 heteroatoms. The smallest absolute Gasteiger partial charge is 0.122 e. The van der Waals surface area contributed by atoms with Gasteiger partial charge in [-0.25, -0.2) is 0 Å². The summed E-state index contributed by atoms with van der Waals surface area (Å²) in [7, 11) is 0. The lowest BCUT2D eigenvalue weighted by Crippen LogP contribution is -2.14. The SMILES string of the molecule is CC(C)(C)c1ccccc1Nc1ccc(C(N)=S)nc1. The van der Waals surface area contributed by atoms with Gasteiger partial charge in [-0.3, -0.25) is 4.98 Å². The molecule has 0 fully saturated rings. The average molecular weight is 285 g/mol. The van der Waals surface area contributed by atoms with Gasteiger partial charge in [0.15, 0.2) is 0 Å². The van der Waals surface area contributed by atoms with Gasteiger partial charge in [0, 0.05) is 5.69 Å². The monoisotopic (exact) mass is 285 g/mol. The van der Waals surface area contributed by atoms with E-state index in [4.69, 9.17) is 18.0 Å². The summed E-state index contributed by atoms with van der Waals surface area (Å²) in [4.78, 5) is 4.55. The number of anilines is 2. The number of hydrogen-bond acceptors (Lipinski definition) is 3. The number of nitrogens with zero attached hydrogens (tertiary/aromatic N) is 1. The van der Waals surface area contributed by atoms with Gasteiger partial charge in [0.2, 0.25) is 0 Å². The fourth-order valence-electron chi connectivity index (χ4n) is 2.02. The lowest BCUT2D eigenvalue weighted by molar-refractivity contribution is 0.592. The van der Waals surface area contributed by atoms with Crippen molar-refractivity contribution in [2.24, 2.45) is 5.73 Å². The third-order valence-corrected chi connectivity index (χ3v) is 3.24. The zero-order chi connectivity index (χ0) is 14.8. The van der Waals surface area contributed by atoms with E-state index in [1.165, 1.54) is 5.56 Å². The molecule has 104 valence electrons. The van der Waals surface area contributed by atoms with Crippen molar-refractivity contribution in [2.45, 2.75) is 26.2 Å². The summed E-state index contributed by atoms with van der Waals surface area (Å²) >= 11 is 4.90. The molecule has 3 N–H and O–H groups in total. The Morgan fingerprint density at radius 2 is 1.85 bits per heavy atom. The molecule has 3 nitrogen and oxygen atoms in total. The van der Waals surface area contributed by atoms with E-state index in [1.54, 1.807) is 6.20 Å². The van der Waals surface area contributed by atoms with Crippen LogP contribution >= 0.6 is 12.2 Å². The quantitative estimate of drug-likeness (QED) is 0.843. The Kier molecular flexibility index (Phi) is 4.04. The molecule has 0 saturated heterocycles. The van der Waals surface area contributed by atoms with Crippen LogP contribution in [0.4, 0.5) is 11.4 Å². The zero-order valence-electron chi connectivity index (χ0n) is 12.0. The first-order valence-electron chi connectivity index (χ1n) is 6.50. The van der Waals surface area contributed by atoms with E-state index in [0.29, 0.717) is 10.7 Å². The van der Waals surface area contributed by atoms with Crippen molar-refractivity contribution in [3.8, 4) is 0 Å². The molecular weight excluding hydrogens is 266 g/mol. The fraction of sp³-hybridized carbons (Fsp3) is 0.250. The van der Waals surface area contributed by atoms with Crippen LogP contribution in [-0.2, 0) is 5.41 Å². The number of nitrogens with one attached hydrogen (secondary N) is 1. The first kappa shape index (κ1) is 14.5. The lowest BCUT2D eigenvalue weighted by atomic mass is 9.86. The van der Waals surface area contributed by atoms with Gasteiger partial charge < -0.3 is 11.1 Å². The Labute approximate surface area is 125 Å². The van der Waals surface area contributed by atoms with Crippen molar-refractivity contribution in [1.82, 2.24) is 4.98 Å². The highest BCUT2D eigenvalue weighted by Gasteiger charge is 2.17. The first-order valence-corrected chi connectivity index (χ1v) is 6.91. The third-order valence-electron chi connectivity index (χ3n) is 3.03. The Morgan fingerprint density at radius 1 is 1.15 bits per heavy atom. The molecule has 0 amide bonds. The fourth-order valence-corrected chi connectivity index (χ4v) is 2.14. The van der Waals surface area contributed by atoms with Crippen LogP contribution in [0.25, 0.3) is 0 Å². The van der Waals surface area contributed by atoms with Crippen LogP contribution in [0.15, 0.2) is 42.6 Å². The number of aromatic nitrogens is 1. The van der Waals surface area contributed by atoms with Crippen molar-refractivity contribution in [3.05, 3.63) is 53.9 Å². The summed E-state index contributed by atoms with van der Waals surface area (Å²) in [6.45, 7) is 6.59. The van der Waals surface area contributed by atoms with Gasteiger partial charge in [-0.15, -0.1) is 0 Å². The molecule has 2 aromatic rings. The Bertz CT molecular complexity index is 612. The number of rotatable bonds is 3. The highest BCUT2D eigenvalue weighted by Crippen LogP contribution is 2.31. The topological polar surface area (TPSA) is 50.9 Å². The highest BCUT2D eigenvalue weighted by atomic mass is 32.1. The molecule has 20 heavy (non-hydrogen) atoms. The second kappa shape index (κ2) is 5.59. The minimum atomic E-state index is 0.0792. The van der Waals surface area contributed by atoms with E-state index < -0.39 is 0 Å². The van der Waals surface area contributed by atoms with E-state index in [1.807, 2.05) is 18.2 Å². The summed E-state index contributed by atoms with van der Waals surface area (Å²) in [6.07, 6.45) is 1.74. The molecule has 0 aliphatic heterocycles. The highest BCUT2D eigenvalue weighted by molar-refractivity contribution is 7.80. The number of para-hydroxylation sites is 1. The molecule has 0 unspecified atom stereocenters. The van der Waals surface area contributed by atoms with Gasteiger partial charge in [-0.05, 0) is 29.2 Å². The number of pyridine rings is 1. The second-order valence-corrected chi connectivity index (χ2v) is 6.16. The van der Waals surface area contributed by atoms with Crippen LogP contribution < -0.4 is 11.1 Å². The van der Waals surface area contributed by atoms with E-state index in [9.17, 15) is 0 Å². The van der Waals surface area contributed by atoms with Crippen molar-refractivity contribution >= 4 is 28.6 Å². The molecule has 0 saturated carbocycles.